The van der Waals surface area contributed by atoms with Crippen LogP contribution in [0.2, 0.25) is 0 Å². The van der Waals surface area contributed by atoms with Crippen LogP contribution in [0, 0.1) is 12.7 Å². The maximum atomic E-state index is 13.4. The van der Waals surface area contributed by atoms with Gasteiger partial charge in [-0.05, 0) is 43.5 Å². The molecule has 1 N–H and O–H groups in total. The largest absolute Gasteiger partial charge is 0.475 e. The number of nitrogens with zero attached hydrogens (tertiary/aromatic N) is 3. The van der Waals surface area contributed by atoms with Crippen molar-refractivity contribution in [1.82, 2.24) is 14.8 Å². The maximum absolute atomic E-state index is 13.4. The maximum Gasteiger partial charge on any atom is 0.375 e. The normalized spacial score (nSPS) is 14.6. The molecule has 0 radical (unpaired) electrons. The molecule has 1 aromatic carbocycles. The van der Waals surface area contributed by atoms with Crippen LogP contribution in [0.15, 0.2) is 18.2 Å². The first-order valence-corrected chi connectivity index (χ1v) is 6.02. The van der Waals surface area contributed by atoms with E-state index in [4.69, 9.17) is 5.11 Å². The van der Waals surface area contributed by atoms with Gasteiger partial charge in [-0.2, -0.15) is 0 Å². The van der Waals surface area contributed by atoms with E-state index in [0.29, 0.717) is 11.5 Å². The van der Waals surface area contributed by atoms with Crippen LogP contribution < -0.4 is 0 Å². The predicted molar refractivity (Wildman–Crippen MR) is 65.0 cm³/mol. The van der Waals surface area contributed by atoms with Crippen LogP contribution in [-0.2, 0) is 0 Å². The summed E-state index contributed by atoms with van der Waals surface area (Å²) in [5, 5.41) is 12.9. The predicted octanol–water partition coefficient (Wildman–Crippen LogP) is 2.29. The van der Waals surface area contributed by atoms with Gasteiger partial charge in [0.25, 0.3) is 5.82 Å². The van der Waals surface area contributed by atoms with Gasteiger partial charge in [-0.25, -0.2) is 18.9 Å². The van der Waals surface area contributed by atoms with E-state index in [9.17, 15) is 9.18 Å². The standard InChI is InChI=1S/C13H12FN3O2/c1-7-4-9(14)6-10(5-7)17-12(8-2-3-8)15-11(16-17)13(18)19/h4-6,8H,2-3H2,1H3,(H,18,19). The first-order valence-electron chi connectivity index (χ1n) is 6.02. The summed E-state index contributed by atoms with van der Waals surface area (Å²) in [6.07, 6.45) is 1.93. The van der Waals surface area contributed by atoms with Crippen molar-refractivity contribution in [2.45, 2.75) is 25.7 Å². The molecule has 1 heterocycles. The Kier molecular flexibility index (Phi) is 2.58. The van der Waals surface area contributed by atoms with E-state index in [1.54, 1.807) is 13.0 Å². The van der Waals surface area contributed by atoms with E-state index in [0.717, 1.165) is 18.4 Å². The Labute approximate surface area is 108 Å². The minimum Gasteiger partial charge on any atom is -0.475 e. The van der Waals surface area contributed by atoms with Gasteiger partial charge in [0.05, 0.1) is 5.69 Å². The molecule has 0 aliphatic heterocycles. The number of halogens is 1. The van der Waals surface area contributed by atoms with E-state index in [2.05, 4.69) is 10.1 Å². The third kappa shape index (κ3) is 2.21. The second kappa shape index (κ2) is 4.15. The third-order valence-electron chi connectivity index (χ3n) is 3.04. The van der Waals surface area contributed by atoms with Gasteiger partial charge >= 0.3 is 5.97 Å². The average molecular weight is 261 g/mol. The molecule has 6 heteroatoms. The number of aromatic nitrogens is 3. The molecule has 0 bridgehead atoms. The van der Waals surface area contributed by atoms with E-state index in [1.165, 1.54) is 16.8 Å². The Balaban J connectivity index is 2.14. The van der Waals surface area contributed by atoms with Crippen LogP contribution >= 0.6 is 0 Å². The van der Waals surface area contributed by atoms with Gasteiger partial charge < -0.3 is 5.11 Å². The Morgan fingerprint density at radius 1 is 1.42 bits per heavy atom. The number of carboxylic acid groups (broad SMARTS) is 1. The summed E-state index contributed by atoms with van der Waals surface area (Å²) in [4.78, 5) is 15.0. The van der Waals surface area contributed by atoms with E-state index < -0.39 is 5.97 Å². The van der Waals surface area contributed by atoms with Crippen LogP contribution in [0.25, 0.3) is 5.69 Å². The topological polar surface area (TPSA) is 68.0 Å². The highest BCUT2D eigenvalue weighted by Crippen LogP contribution is 2.39. The molecular formula is C13H12FN3O2. The summed E-state index contributed by atoms with van der Waals surface area (Å²) in [7, 11) is 0. The second-order valence-corrected chi connectivity index (χ2v) is 4.77. The van der Waals surface area contributed by atoms with Crippen molar-refractivity contribution < 1.29 is 14.3 Å². The SMILES string of the molecule is Cc1cc(F)cc(-n2nc(C(=O)O)nc2C2CC2)c1. The zero-order chi connectivity index (χ0) is 13.6. The fourth-order valence-electron chi connectivity index (χ4n) is 2.05. The van der Waals surface area contributed by atoms with Gasteiger partial charge in [-0.15, -0.1) is 5.10 Å². The number of rotatable bonds is 3. The first-order chi connectivity index (χ1) is 9.04. The zero-order valence-corrected chi connectivity index (χ0v) is 10.3. The molecule has 1 fully saturated rings. The lowest BCUT2D eigenvalue weighted by Gasteiger charge is -2.06. The van der Waals surface area contributed by atoms with Crippen molar-refractivity contribution in [3.63, 3.8) is 0 Å². The first kappa shape index (κ1) is 11.8. The average Bonchev–Trinajstić information content (AvgIpc) is 3.06. The molecule has 1 saturated carbocycles. The van der Waals surface area contributed by atoms with E-state index in [1.807, 2.05) is 0 Å². The van der Waals surface area contributed by atoms with Crippen molar-refractivity contribution in [1.29, 1.82) is 0 Å². The van der Waals surface area contributed by atoms with Gasteiger partial charge in [0, 0.05) is 5.92 Å². The lowest BCUT2D eigenvalue weighted by molar-refractivity contribution is 0.0683. The lowest BCUT2D eigenvalue weighted by atomic mass is 10.2. The number of hydrogen-bond donors (Lipinski definition) is 1. The molecule has 5 nitrogen and oxygen atoms in total. The van der Waals surface area contributed by atoms with Crippen LogP contribution in [0.3, 0.4) is 0 Å². The Morgan fingerprint density at radius 2 is 2.16 bits per heavy atom. The molecule has 0 unspecified atom stereocenters. The summed E-state index contributed by atoms with van der Waals surface area (Å²) in [6.45, 7) is 1.78. The van der Waals surface area contributed by atoms with Gasteiger partial charge in [0.1, 0.15) is 11.6 Å². The number of carboxylic acids is 1. The van der Waals surface area contributed by atoms with E-state index >= 15 is 0 Å². The van der Waals surface area contributed by atoms with Crippen molar-refractivity contribution in [2.75, 3.05) is 0 Å². The number of aromatic carboxylic acids is 1. The highest BCUT2D eigenvalue weighted by atomic mass is 19.1. The summed E-state index contributed by atoms with van der Waals surface area (Å²) in [5.74, 6) is -0.965. The molecule has 2 aromatic rings. The van der Waals surface area contributed by atoms with Gasteiger partial charge in [-0.3, -0.25) is 0 Å². The molecule has 3 rings (SSSR count). The molecule has 19 heavy (non-hydrogen) atoms. The number of benzene rings is 1. The van der Waals surface area contributed by atoms with Crippen molar-refractivity contribution >= 4 is 5.97 Å². The van der Waals surface area contributed by atoms with Crippen LogP contribution in [-0.4, -0.2) is 25.8 Å². The molecule has 0 spiro atoms. The number of aryl methyl sites for hydroxylation is 1. The smallest absolute Gasteiger partial charge is 0.375 e. The monoisotopic (exact) mass is 261 g/mol. The van der Waals surface area contributed by atoms with Gasteiger partial charge in [0.15, 0.2) is 0 Å². The Morgan fingerprint density at radius 3 is 2.74 bits per heavy atom. The fraction of sp³-hybridized carbons (Fsp3) is 0.308. The number of carbonyl (C=O) groups is 1. The highest BCUT2D eigenvalue weighted by Gasteiger charge is 2.31. The van der Waals surface area contributed by atoms with Crippen molar-refractivity contribution in [3.8, 4) is 5.69 Å². The quantitative estimate of drug-likeness (QED) is 0.920. The second-order valence-electron chi connectivity index (χ2n) is 4.77. The van der Waals surface area contributed by atoms with Crippen LogP contribution in [0.5, 0.6) is 0 Å². The van der Waals surface area contributed by atoms with E-state index in [-0.39, 0.29) is 17.6 Å². The molecule has 98 valence electrons. The minimum absolute atomic E-state index is 0.226. The van der Waals surface area contributed by atoms with Crippen molar-refractivity contribution in [2.24, 2.45) is 0 Å². The van der Waals surface area contributed by atoms with Crippen LogP contribution in [0.1, 0.15) is 40.8 Å². The highest BCUT2D eigenvalue weighted by molar-refractivity contribution is 5.83. The molecule has 1 aliphatic rings. The molecule has 0 atom stereocenters. The molecule has 0 saturated heterocycles. The molecule has 0 amide bonds. The molecular weight excluding hydrogens is 249 g/mol. The Hall–Kier alpha value is -2.24. The Bertz CT molecular complexity index is 642. The summed E-state index contributed by atoms with van der Waals surface area (Å²) in [6, 6.07) is 4.50. The fourth-order valence-corrected chi connectivity index (χ4v) is 2.05. The summed E-state index contributed by atoms with van der Waals surface area (Å²) < 4.78 is 14.9. The molecule has 1 aliphatic carbocycles. The van der Waals surface area contributed by atoms with Crippen molar-refractivity contribution in [3.05, 3.63) is 41.2 Å². The summed E-state index contributed by atoms with van der Waals surface area (Å²) in [5.41, 5.74) is 1.27. The third-order valence-corrected chi connectivity index (χ3v) is 3.04. The lowest BCUT2D eigenvalue weighted by Crippen LogP contribution is -2.04. The number of hydrogen-bond acceptors (Lipinski definition) is 3. The van der Waals surface area contributed by atoms with Gasteiger partial charge in [0.2, 0.25) is 0 Å². The van der Waals surface area contributed by atoms with Gasteiger partial charge in [-0.1, -0.05) is 0 Å². The molecule has 1 aromatic heterocycles. The minimum atomic E-state index is -1.17. The summed E-state index contributed by atoms with van der Waals surface area (Å²) >= 11 is 0. The zero-order valence-electron chi connectivity index (χ0n) is 10.3. The van der Waals surface area contributed by atoms with Crippen LogP contribution in [0.4, 0.5) is 4.39 Å².